The molecule has 60 heavy (non-hydrogen) atoms. The van der Waals surface area contributed by atoms with Crippen LogP contribution in [0.4, 0.5) is 34.1 Å². The maximum Gasteiger partial charge on any atom is 0.0540 e. The average Bonchev–Trinajstić information content (AvgIpc) is 3.30. The second-order valence-electron chi connectivity index (χ2n) is 15.5. The number of fused-ring (bicyclic) bond motifs is 2. The maximum absolute atomic E-state index is 2.41. The summed E-state index contributed by atoms with van der Waals surface area (Å²) >= 11 is 0. The minimum Gasteiger partial charge on any atom is -0.310 e. The van der Waals surface area contributed by atoms with E-state index >= 15 is 0 Å². The third kappa shape index (κ3) is 6.99. The lowest BCUT2D eigenvalue weighted by Gasteiger charge is -2.29. The monoisotopic (exact) mass is 768 g/mol. The number of hydrogen-bond acceptors (Lipinski definition) is 2. The zero-order chi connectivity index (χ0) is 40.4. The second-order valence-corrected chi connectivity index (χ2v) is 15.5. The van der Waals surface area contributed by atoms with Gasteiger partial charge in [0.1, 0.15) is 0 Å². The molecule has 2 heteroatoms. The molecule has 10 aromatic rings. The van der Waals surface area contributed by atoms with Crippen LogP contribution in [0, 0.1) is 13.8 Å². The second kappa shape index (κ2) is 15.9. The summed E-state index contributed by atoms with van der Waals surface area (Å²) < 4.78 is 0. The molecule has 0 bridgehead atoms. The van der Waals surface area contributed by atoms with Crippen molar-refractivity contribution in [2.24, 2.45) is 0 Å². The van der Waals surface area contributed by atoms with Crippen LogP contribution in [0.5, 0.6) is 0 Å². The molecule has 0 saturated carbocycles. The van der Waals surface area contributed by atoms with Crippen LogP contribution >= 0.6 is 0 Å². The molecule has 0 spiro atoms. The van der Waals surface area contributed by atoms with Crippen molar-refractivity contribution in [3.8, 4) is 33.4 Å². The molecule has 10 rings (SSSR count). The third-order valence-electron chi connectivity index (χ3n) is 11.7. The SMILES string of the molecule is Cc1cc(N(c2ccc3ccccc3c2)c2ccccc2-c2ccccc2)ccc1-c1ccc(N(c2ccc3ccccc3c2)c2ccccc2-c2ccccc2)cc1C. The summed E-state index contributed by atoms with van der Waals surface area (Å²) in [6.07, 6.45) is 0. The zero-order valence-electron chi connectivity index (χ0n) is 33.8. The van der Waals surface area contributed by atoms with Crippen LogP contribution < -0.4 is 9.80 Å². The average molecular weight is 769 g/mol. The van der Waals surface area contributed by atoms with Crippen LogP contribution in [0.15, 0.2) is 231 Å². The van der Waals surface area contributed by atoms with E-state index in [0.29, 0.717) is 0 Å². The van der Waals surface area contributed by atoms with E-state index in [4.69, 9.17) is 0 Å². The van der Waals surface area contributed by atoms with E-state index in [-0.39, 0.29) is 0 Å². The number of hydrogen-bond donors (Lipinski definition) is 0. The molecule has 0 heterocycles. The highest BCUT2D eigenvalue weighted by molar-refractivity contribution is 5.95. The van der Waals surface area contributed by atoms with Gasteiger partial charge in [-0.1, -0.05) is 170 Å². The number of para-hydroxylation sites is 2. The number of aryl methyl sites for hydroxylation is 2. The number of nitrogens with zero attached hydrogens (tertiary/aromatic N) is 2. The quantitative estimate of drug-likeness (QED) is 0.144. The van der Waals surface area contributed by atoms with E-state index in [0.717, 1.165) is 34.1 Å². The molecule has 0 radical (unpaired) electrons. The first-order valence-electron chi connectivity index (χ1n) is 20.7. The van der Waals surface area contributed by atoms with Gasteiger partial charge in [-0.2, -0.15) is 0 Å². The first-order valence-corrected chi connectivity index (χ1v) is 20.7. The summed E-state index contributed by atoms with van der Waals surface area (Å²) in [5, 5.41) is 4.88. The first kappa shape index (κ1) is 36.6. The van der Waals surface area contributed by atoms with E-state index in [2.05, 4.69) is 254 Å². The fourth-order valence-electron chi connectivity index (χ4n) is 8.73. The molecule has 0 atom stereocenters. The Labute approximate surface area is 352 Å². The van der Waals surface area contributed by atoms with Gasteiger partial charge in [-0.3, -0.25) is 0 Å². The number of anilines is 6. The van der Waals surface area contributed by atoms with Gasteiger partial charge in [-0.25, -0.2) is 0 Å². The van der Waals surface area contributed by atoms with Gasteiger partial charge in [0.25, 0.3) is 0 Å². The summed E-state index contributed by atoms with van der Waals surface area (Å²) in [4.78, 5) is 4.82. The highest BCUT2D eigenvalue weighted by Crippen LogP contribution is 2.45. The third-order valence-corrected chi connectivity index (χ3v) is 11.7. The van der Waals surface area contributed by atoms with Crippen molar-refractivity contribution in [3.63, 3.8) is 0 Å². The molecule has 0 aliphatic heterocycles. The van der Waals surface area contributed by atoms with E-state index in [9.17, 15) is 0 Å². The largest absolute Gasteiger partial charge is 0.310 e. The van der Waals surface area contributed by atoms with E-state index in [1.165, 1.54) is 66.1 Å². The fourth-order valence-corrected chi connectivity index (χ4v) is 8.73. The van der Waals surface area contributed by atoms with Crippen molar-refractivity contribution in [1.82, 2.24) is 0 Å². The molecule has 0 saturated heterocycles. The van der Waals surface area contributed by atoms with Gasteiger partial charge in [0, 0.05) is 33.9 Å². The van der Waals surface area contributed by atoms with Gasteiger partial charge >= 0.3 is 0 Å². The normalized spacial score (nSPS) is 11.2. The van der Waals surface area contributed by atoms with E-state index in [1.807, 2.05) is 0 Å². The molecular formula is C58H44N2. The van der Waals surface area contributed by atoms with E-state index < -0.39 is 0 Å². The molecule has 10 aromatic carbocycles. The molecule has 0 N–H and O–H groups in total. The summed E-state index contributed by atoms with van der Waals surface area (Å²) in [5.41, 5.74) is 16.4. The minimum atomic E-state index is 1.11. The first-order chi connectivity index (χ1) is 29.6. The highest BCUT2D eigenvalue weighted by Gasteiger charge is 2.21. The topological polar surface area (TPSA) is 6.48 Å². The zero-order valence-corrected chi connectivity index (χ0v) is 33.8. The Morgan fingerprint density at radius 3 is 1.00 bits per heavy atom. The Bertz CT molecular complexity index is 2920. The molecule has 0 aliphatic carbocycles. The van der Waals surface area contributed by atoms with Crippen LogP contribution in [0.1, 0.15) is 11.1 Å². The molecule has 2 nitrogen and oxygen atoms in total. The van der Waals surface area contributed by atoms with Gasteiger partial charge in [0.2, 0.25) is 0 Å². The van der Waals surface area contributed by atoms with Gasteiger partial charge in [0.05, 0.1) is 11.4 Å². The van der Waals surface area contributed by atoms with Crippen molar-refractivity contribution in [2.45, 2.75) is 13.8 Å². The lowest BCUT2D eigenvalue weighted by molar-refractivity contribution is 1.26. The summed E-state index contributed by atoms with van der Waals surface area (Å²) in [6, 6.07) is 83.5. The molecule has 286 valence electrons. The molecule has 0 amide bonds. The smallest absolute Gasteiger partial charge is 0.0540 e. The van der Waals surface area contributed by atoms with Crippen LogP contribution in [0.2, 0.25) is 0 Å². The van der Waals surface area contributed by atoms with Crippen molar-refractivity contribution in [3.05, 3.63) is 242 Å². The molecule has 0 fully saturated rings. The predicted octanol–water partition coefficient (Wildman–Crippen LogP) is 16.6. The van der Waals surface area contributed by atoms with E-state index in [1.54, 1.807) is 0 Å². The summed E-state index contributed by atoms with van der Waals surface area (Å²) in [7, 11) is 0. The summed E-state index contributed by atoms with van der Waals surface area (Å²) in [5.74, 6) is 0. The van der Waals surface area contributed by atoms with Crippen molar-refractivity contribution in [2.75, 3.05) is 9.80 Å². The molecule has 0 aliphatic rings. The summed E-state index contributed by atoms with van der Waals surface area (Å²) in [6.45, 7) is 4.48. The molecule has 0 aromatic heterocycles. The number of benzene rings is 10. The van der Waals surface area contributed by atoms with Gasteiger partial charge in [0.15, 0.2) is 0 Å². The molecular weight excluding hydrogens is 725 g/mol. The predicted molar refractivity (Wildman–Crippen MR) is 257 cm³/mol. The maximum atomic E-state index is 2.41. The lowest BCUT2D eigenvalue weighted by atomic mass is 9.94. The van der Waals surface area contributed by atoms with Crippen molar-refractivity contribution in [1.29, 1.82) is 0 Å². The van der Waals surface area contributed by atoms with Crippen LogP contribution in [0.25, 0.3) is 54.9 Å². The Balaban J connectivity index is 1.08. The Morgan fingerprint density at radius 2 is 0.583 bits per heavy atom. The van der Waals surface area contributed by atoms with Gasteiger partial charge in [-0.05, 0) is 129 Å². The standard InChI is InChI=1S/C58H44N2/c1-41-37-49(59(51-31-29-43-17-9-11-23-47(43)39-51)57-27-15-13-25-55(57)45-19-5-3-6-20-45)33-35-53(41)54-36-34-50(38-42(54)2)60(52-32-30-44-18-10-12-24-48(44)40-52)58-28-16-14-26-56(58)46-21-7-4-8-22-46/h3-40H,1-2H3. The number of rotatable bonds is 9. The van der Waals surface area contributed by atoms with Crippen molar-refractivity contribution >= 4 is 55.7 Å². The highest BCUT2D eigenvalue weighted by atomic mass is 15.1. The molecule has 0 unspecified atom stereocenters. The Morgan fingerprint density at radius 1 is 0.250 bits per heavy atom. The lowest BCUT2D eigenvalue weighted by Crippen LogP contribution is -2.12. The van der Waals surface area contributed by atoms with Crippen LogP contribution in [-0.2, 0) is 0 Å². The van der Waals surface area contributed by atoms with Gasteiger partial charge < -0.3 is 9.80 Å². The van der Waals surface area contributed by atoms with Crippen LogP contribution in [-0.4, -0.2) is 0 Å². The fraction of sp³-hybridized carbons (Fsp3) is 0.0345. The Hall–Kier alpha value is -7.68. The Kier molecular flexibility index (Phi) is 9.73. The van der Waals surface area contributed by atoms with Crippen molar-refractivity contribution < 1.29 is 0 Å². The van der Waals surface area contributed by atoms with Gasteiger partial charge in [-0.15, -0.1) is 0 Å². The minimum absolute atomic E-state index is 1.11. The van der Waals surface area contributed by atoms with Crippen LogP contribution in [0.3, 0.4) is 0 Å².